The molecule has 1 unspecified atom stereocenters. The molecule has 1 fully saturated rings. The van der Waals surface area contributed by atoms with Gasteiger partial charge in [0.15, 0.2) is 0 Å². The fourth-order valence-electron chi connectivity index (χ4n) is 1.59. The van der Waals surface area contributed by atoms with Crippen molar-refractivity contribution in [3.05, 3.63) is 0 Å². The molecule has 0 aliphatic carbocycles. The first kappa shape index (κ1) is 9.86. The molecule has 1 saturated heterocycles. The lowest BCUT2D eigenvalue weighted by molar-refractivity contribution is -0.149. The summed E-state index contributed by atoms with van der Waals surface area (Å²) in [5.41, 5.74) is -1.31. The van der Waals surface area contributed by atoms with E-state index in [0.29, 0.717) is 6.54 Å². The van der Waals surface area contributed by atoms with E-state index in [1.54, 1.807) is 0 Å². The van der Waals surface area contributed by atoms with Gasteiger partial charge in [0, 0.05) is 19.5 Å². The first-order valence-corrected chi connectivity index (χ1v) is 4.15. The molecular weight excluding hydrogens is 164 g/mol. The van der Waals surface area contributed by atoms with Crippen molar-refractivity contribution in [2.24, 2.45) is 5.92 Å². The molecule has 0 amide bonds. The summed E-state index contributed by atoms with van der Waals surface area (Å²) in [6.07, 6.45) is -0.179. The number of hydrogen-bond acceptors (Lipinski definition) is 2. The molecule has 0 bridgehead atoms. The van der Waals surface area contributed by atoms with Crippen LogP contribution in [0.25, 0.3) is 0 Å². The van der Waals surface area contributed by atoms with E-state index in [1.165, 1.54) is 13.8 Å². The zero-order valence-corrected chi connectivity index (χ0v) is 7.40. The summed E-state index contributed by atoms with van der Waals surface area (Å²) in [5, 5.41) is 12.3. The third kappa shape index (κ3) is 1.93. The average molecular weight is 179 g/mol. The topological polar surface area (TPSA) is 32.3 Å². The molecule has 1 aliphatic heterocycles. The lowest BCUT2D eigenvalue weighted by atomic mass is 9.82. The van der Waals surface area contributed by atoms with Gasteiger partial charge in [-0.25, -0.2) is 8.78 Å². The van der Waals surface area contributed by atoms with E-state index in [0.717, 1.165) is 0 Å². The van der Waals surface area contributed by atoms with Gasteiger partial charge in [0.2, 0.25) is 0 Å². The van der Waals surface area contributed by atoms with Crippen LogP contribution in [0.15, 0.2) is 0 Å². The van der Waals surface area contributed by atoms with Gasteiger partial charge in [0.1, 0.15) is 0 Å². The fourth-order valence-corrected chi connectivity index (χ4v) is 1.59. The minimum atomic E-state index is -2.73. The number of piperidine rings is 1. The van der Waals surface area contributed by atoms with E-state index >= 15 is 0 Å². The number of nitrogens with one attached hydrogen (secondary N) is 1. The molecule has 0 radical (unpaired) electrons. The van der Waals surface area contributed by atoms with E-state index < -0.39 is 17.4 Å². The summed E-state index contributed by atoms with van der Waals surface area (Å²) in [6, 6.07) is 0. The van der Waals surface area contributed by atoms with Crippen molar-refractivity contribution in [3.8, 4) is 0 Å². The predicted octanol–water partition coefficient (Wildman–Crippen LogP) is 1.00. The molecule has 1 aliphatic rings. The van der Waals surface area contributed by atoms with Gasteiger partial charge in [-0.3, -0.25) is 0 Å². The van der Waals surface area contributed by atoms with Gasteiger partial charge in [-0.1, -0.05) is 0 Å². The first-order valence-electron chi connectivity index (χ1n) is 4.15. The summed E-state index contributed by atoms with van der Waals surface area (Å²) >= 11 is 0. The van der Waals surface area contributed by atoms with Crippen LogP contribution >= 0.6 is 0 Å². The van der Waals surface area contributed by atoms with Gasteiger partial charge < -0.3 is 10.4 Å². The average Bonchev–Trinajstić information content (AvgIpc) is 1.83. The maximum absolute atomic E-state index is 13.2. The first-order chi connectivity index (χ1) is 5.34. The Kier molecular flexibility index (Phi) is 2.40. The second-order valence-electron chi connectivity index (χ2n) is 3.92. The maximum atomic E-state index is 13.2. The highest BCUT2D eigenvalue weighted by Gasteiger charge is 2.48. The second-order valence-corrected chi connectivity index (χ2v) is 3.92. The van der Waals surface area contributed by atoms with E-state index in [2.05, 4.69) is 5.32 Å². The highest BCUT2D eigenvalue weighted by molar-refractivity contribution is 4.93. The van der Waals surface area contributed by atoms with Crippen LogP contribution in [0.4, 0.5) is 8.78 Å². The fraction of sp³-hybridized carbons (Fsp3) is 1.00. The third-order valence-electron chi connectivity index (χ3n) is 2.35. The molecule has 4 heteroatoms. The molecular formula is C8H15F2NO. The normalized spacial score (nSPS) is 30.2. The maximum Gasteiger partial charge on any atom is 0.256 e. The molecule has 2 nitrogen and oxygen atoms in total. The Hall–Kier alpha value is -0.220. The summed E-state index contributed by atoms with van der Waals surface area (Å²) in [7, 11) is 0. The van der Waals surface area contributed by atoms with Crippen molar-refractivity contribution in [2.75, 3.05) is 13.1 Å². The Balaban J connectivity index is 2.73. The Morgan fingerprint density at radius 3 is 2.42 bits per heavy atom. The van der Waals surface area contributed by atoms with Gasteiger partial charge >= 0.3 is 0 Å². The quantitative estimate of drug-likeness (QED) is 0.629. The highest BCUT2D eigenvalue weighted by Crippen LogP contribution is 2.36. The van der Waals surface area contributed by atoms with E-state index in [-0.39, 0.29) is 13.0 Å². The van der Waals surface area contributed by atoms with Crippen molar-refractivity contribution in [3.63, 3.8) is 0 Å². The molecule has 1 rings (SSSR count). The summed E-state index contributed by atoms with van der Waals surface area (Å²) in [4.78, 5) is 0. The molecule has 72 valence electrons. The van der Waals surface area contributed by atoms with Crippen molar-refractivity contribution in [2.45, 2.75) is 31.8 Å². The SMILES string of the molecule is CC(C)(O)C1CNCCC1(F)F. The molecule has 0 aromatic rings. The summed E-state index contributed by atoms with van der Waals surface area (Å²) in [5.74, 6) is -3.71. The van der Waals surface area contributed by atoms with Crippen LogP contribution in [0.2, 0.25) is 0 Å². The van der Waals surface area contributed by atoms with Gasteiger partial charge in [-0.2, -0.15) is 0 Å². The minimum absolute atomic E-state index is 0.179. The predicted molar refractivity (Wildman–Crippen MR) is 42.2 cm³/mol. The van der Waals surface area contributed by atoms with Crippen molar-refractivity contribution in [1.29, 1.82) is 0 Å². The van der Waals surface area contributed by atoms with E-state index in [9.17, 15) is 13.9 Å². The zero-order chi connectivity index (χ0) is 9.41. The van der Waals surface area contributed by atoms with E-state index in [1.807, 2.05) is 0 Å². The van der Waals surface area contributed by atoms with Gasteiger partial charge in [0.05, 0.1) is 11.5 Å². The molecule has 1 heterocycles. The molecule has 0 spiro atoms. The smallest absolute Gasteiger partial charge is 0.256 e. The minimum Gasteiger partial charge on any atom is -0.390 e. The van der Waals surface area contributed by atoms with Crippen LogP contribution in [0.1, 0.15) is 20.3 Å². The van der Waals surface area contributed by atoms with Crippen LogP contribution in [0.5, 0.6) is 0 Å². The Labute approximate surface area is 71.0 Å². The van der Waals surface area contributed by atoms with Crippen LogP contribution in [-0.2, 0) is 0 Å². The summed E-state index contributed by atoms with van der Waals surface area (Å²) < 4.78 is 26.3. The van der Waals surface area contributed by atoms with Gasteiger partial charge in [-0.05, 0) is 13.8 Å². The third-order valence-corrected chi connectivity index (χ3v) is 2.35. The molecule has 2 N–H and O–H groups in total. The molecule has 12 heavy (non-hydrogen) atoms. The van der Waals surface area contributed by atoms with Crippen molar-refractivity contribution in [1.82, 2.24) is 5.32 Å². The standard InChI is InChI=1S/C8H15F2NO/c1-7(2,12)6-5-11-4-3-8(6,9)10/h6,11-12H,3-5H2,1-2H3. The van der Waals surface area contributed by atoms with Crippen LogP contribution < -0.4 is 5.32 Å². The summed E-state index contributed by atoms with van der Waals surface area (Å²) in [6.45, 7) is 3.38. The molecule has 1 atom stereocenters. The Morgan fingerprint density at radius 2 is 2.08 bits per heavy atom. The number of halogens is 2. The molecule has 0 aromatic carbocycles. The lowest BCUT2D eigenvalue weighted by Gasteiger charge is -2.39. The largest absolute Gasteiger partial charge is 0.390 e. The Bertz CT molecular complexity index is 165. The Morgan fingerprint density at radius 1 is 1.50 bits per heavy atom. The zero-order valence-electron chi connectivity index (χ0n) is 7.40. The number of alkyl halides is 2. The lowest BCUT2D eigenvalue weighted by Crippen LogP contribution is -2.53. The second kappa shape index (κ2) is 2.92. The van der Waals surface area contributed by atoms with Crippen molar-refractivity contribution < 1.29 is 13.9 Å². The van der Waals surface area contributed by atoms with Crippen LogP contribution in [-0.4, -0.2) is 29.7 Å². The molecule has 0 aromatic heterocycles. The number of aliphatic hydroxyl groups is 1. The van der Waals surface area contributed by atoms with Crippen LogP contribution in [0, 0.1) is 5.92 Å². The number of hydrogen-bond donors (Lipinski definition) is 2. The van der Waals surface area contributed by atoms with Gasteiger partial charge in [0.25, 0.3) is 5.92 Å². The van der Waals surface area contributed by atoms with E-state index in [4.69, 9.17) is 0 Å². The number of rotatable bonds is 1. The van der Waals surface area contributed by atoms with Crippen molar-refractivity contribution >= 4 is 0 Å². The monoisotopic (exact) mass is 179 g/mol. The molecule has 0 saturated carbocycles. The van der Waals surface area contributed by atoms with Crippen LogP contribution in [0.3, 0.4) is 0 Å². The highest BCUT2D eigenvalue weighted by atomic mass is 19.3. The van der Waals surface area contributed by atoms with Gasteiger partial charge in [-0.15, -0.1) is 0 Å².